The molecule has 3 nitrogen and oxygen atoms in total. The smallest absolute Gasteiger partial charge is 0.189 e. The van der Waals surface area contributed by atoms with Crippen molar-refractivity contribution in [2.75, 3.05) is 0 Å². The van der Waals surface area contributed by atoms with E-state index in [0.29, 0.717) is 5.58 Å². The predicted molar refractivity (Wildman–Crippen MR) is 70.9 cm³/mol. The van der Waals surface area contributed by atoms with Crippen molar-refractivity contribution in [1.82, 2.24) is 5.16 Å². The van der Waals surface area contributed by atoms with E-state index < -0.39 is 0 Å². The third-order valence-corrected chi connectivity index (χ3v) is 3.25. The molecule has 0 saturated carbocycles. The van der Waals surface area contributed by atoms with Crippen LogP contribution in [0.1, 0.15) is 5.56 Å². The highest BCUT2D eigenvalue weighted by Gasteiger charge is 2.15. The summed E-state index contributed by atoms with van der Waals surface area (Å²) >= 11 is 5.97. The van der Waals surface area contributed by atoms with Gasteiger partial charge in [-0.15, -0.1) is 0 Å². The maximum Gasteiger partial charge on any atom is 0.189 e. The van der Waals surface area contributed by atoms with Gasteiger partial charge in [0.1, 0.15) is 16.5 Å². The highest BCUT2D eigenvalue weighted by molar-refractivity contribution is 6.36. The number of hydrogen-bond acceptors (Lipinski definition) is 3. The molecule has 0 aliphatic heterocycles. The van der Waals surface area contributed by atoms with Crippen LogP contribution in [0.4, 0.5) is 0 Å². The summed E-state index contributed by atoms with van der Waals surface area (Å²) in [6.07, 6.45) is 0. The Morgan fingerprint density at radius 3 is 2.56 bits per heavy atom. The largest absolute Gasteiger partial charge is 0.506 e. The SMILES string of the molecule is Cc1ccc(-c2noc3c(Cl)c(O)ccc23)cc1. The fourth-order valence-electron chi connectivity index (χ4n) is 1.88. The van der Waals surface area contributed by atoms with Gasteiger partial charge in [-0.05, 0) is 19.1 Å². The van der Waals surface area contributed by atoms with Gasteiger partial charge >= 0.3 is 0 Å². The first-order valence-corrected chi connectivity index (χ1v) is 5.88. The van der Waals surface area contributed by atoms with Crippen molar-refractivity contribution >= 4 is 22.6 Å². The van der Waals surface area contributed by atoms with Crippen LogP contribution < -0.4 is 0 Å². The quantitative estimate of drug-likeness (QED) is 0.714. The molecule has 0 radical (unpaired) electrons. The van der Waals surface area contributed by atoms with Gasteiger partial charge < -0.3 is 9.63 Å². The molecule has 90 valence electrons. The van der Waals surface area contributed by atoms with Crippen molar-refractivity contribution in [2.45, 2.75) is 6.92 Å². The van der Waals surface area contributed by atoms with Crippen molar-refractivity contribution < 1.29 is 9.63 Å². The summed E-state index contributed by atoms with van der Waals surface area (Å²) in [6.45, 7) is 2.03. The van der Waals surface area contributed by atoms with Gasteiger partial charge in [0.2, 0.25) is 0 Å². The molecule has 0 spiro atoms. The van der Waals surface area contributed by atoms with Gasteiger partial charge in [0.15, 0.2) is 5.58 Å². The molecule has 0 amide bonds. The van der Waals surface area contributed by atoms with E-state index in [9.17, 15) is 5.11 Å². The Balaban J connectivity index is 2.25. The lowest BCUT2D eigenvalue weighted by molar-refractivity contribution is 0.451. The van der Waals surface area contributed by atoms with Crippen LogP contribution in [0.3, 0.4) is 0 Å². The zero-order chi connectivity index (χ0) is 12.7. The first-order chi connectivity index (χ1) is 8.66. The van der Waals surface area contributed by atoms with Gasteiger partial charge in [-0.3, -0.25) is 0 Å². The van der Waals surface area contributed by atoms with Crippen molar-refractivity contribution in [3.05, 3.63) is 47.0 Å². The van der Waals surface area contributed by atoms with E-state index in [4.69, 9.17) is 16.1 Å². The number of phenols is 1. The minimum absolute atomic E-state index is 0.00391. The summed E-state index contributed by atoms with van der Waals surface area (Å²) in [4.78, 5) is 0. The van der Waals surface area contributed by atoms with E-state index in [-0.39, 0.29) is 10.8 Å². The van der Waals surface area contributed by atoms with Crippen LogP contribution >= 0.6 is 11.6 Å². The normalized spacial score (nSPS) is 11.0. The molecule has 0 fully saturated rings. The number of fused-ring (bicyclic) bond motifs is 1. The van der Waals surface area contributed by atoms with E-state index >= 15 is 0 Å². The van der Waals surface area contributed by atoms with Gasteiger partial charge in [0, 0.05) is 5.56 Å². The second-order valence-corrected chi connectivity index (χ2v) is 4.55. The summed E-state index contributed by atoms with van der Waals surface area (Å²) in [7, 11) is 0. The zero-order valence-corrected chi connectivity index (χ0v) is 10.4. The zero-order valence-electron chi connectivity index (χ0n) is 9.64. The molecule has 1 N–H and O–H groups in total. The summed E-state index contributed by atoms with van der Waals surface area (Å²) in [6, 6.07) is 11.3. The second kappa shape index (κ2) is 4.03. The van der Waals surface area contributed by atoms with Gasteiger partial charge in [-0.2, -0.15) is 0 Å². The van der Waals surface area contributed by atoms with Crippen LogP contribution in [0.5, 0.6) is 5.75 Å². The molecule has 3 aromatic rings. The average molecular weight is 260 g/mol. The number of rotatable bonds is 1. The van der Waals surface area contributed by atoms with Crippen LogP contribution in [-0.2, 0) is 0 Å². The molecule has 2 aromatic carbocycles. The van der Waals surface area contributed by atoms with E-state index in [0.717, 1.165) is 16.6 Å². The number of hydrogen-bond donors (Lipinski definition) is 1. The number of aromatic hydroxyl groups is 1. The summed E-state index contributed by atoms with van der Waals surface area (Å²) in [5, 5.41) is 14.5. The van der Waals surface area contributed by atoms with Crippen LogP contribution in [0.2, 0.25) is 5.02 Å². The predicted octanol–water partition coefficient (Wildman–Crippen LogP) is 4.16. The van der Waals surface area contributed by atoms with Crippen molar-refractivity contribution in [3.63, 3.8) is 0 Å². The minimum atomic E-state index is -0.00391. The van der Waals surface area contributed by atoms with Crippen molar-refractivity contribution in [1.29, 1.82) is 0 Å². The van der Waals surface area contributed by atoms with E-state index in [1.807, 2.05) is 31.2 Å². The Kier molecular flexibility index (Phi) is 2.49. The molecular formula is C14H10ClNO2. The number of nitrogens with zero attached hydrogens (tertiary/aromatic N) is 1. The number of phenolic OH excluding ortho intramolecular Hbond substituents is 1. The Morgan fingerprint density at radius 2 is 1.83 bits per heavy atom. The number of aryl methyl sites for hydroxylation is 1. The van der Waals surface area contributed by atoms with Gasteiger partial charge in [-0.1, -0.05) is 46.6 Å². The molecule has 0 atom stereocenters. The van der Waals surface area contributed by atoms with Crippen LogP contribution in [-0.4, -0.2) is 10.3 Å². The number of benzene rings is 2. The molecule has 0 aliphatic carbocycles. The first-order valence-electron chi connectivity index (χ1n) is 5.50. The lowest BCUT2D eigenvalue weighted by Crippen LogP contribution is -1.79. The molecule has 18 heavy (non-hydrogen) atoms. The Bertz CT molecular complexity index is 716. The molecule has 0 unspecified atom stereocenters. The molecule has 1 heterocycles. The number of aromatic nitrogens is 1. The molecule has 0 bridgehead atoms. The van der Waals surface area contributed by atoms with Crippen molar-refractivity contribution in [2.24, 2.45) is 0 Å². The fourth-order valence-corrected chi connectivity index (χ4v) is 2.08. The molecule has 1 aromatic heterocycles. The number of halogens is 1. The van der Waals surface area contributed by atoms with Crippen LogP contribution in [0.15, 0.2) is 40.9 Å². The third kappa shape index (κ3) is 1.64. The Labute approximate surface area is 109 Å². The molecular weight excluding hydrogens is 250 g/mol. The third-order valence-electron chi connectivity index (χ3n) is 2.89. The molecule has 3 rings (SSSR count). The topological polar surface area (TPSA) is 46.3 Å². The first kappa shape index (κ1) is 11.1. The van der Waals surface area contributed by atoms with Gasteiger partial charge in [0.25, 0.3) is 0 Å². The summed E-state index contributed by atoms with van der Waals surface area (Å²) in [5.74, 6) is -0.00391. The maximum atomic E-state index is 9.51. The molecule has 0 aliphatic rings. The lowest BCUT2D eigenvalue weighted by atomic mass is 10.1. The standard InChI is InChI=1S/C14H10ClNO2/c1-8-2-4-9(5-3-8)13-10-6-7-11(17)12(15)14(10)18-16-13/h2-7,17H,1H3. The molecule has 0 saturated heterocycles. The van der Waals surface area contributed by atoms with Gasteiger partial charge in [0.05, 0.1) is 5.39 Å². The fraction of sp³-hybridized carbons (Fsp3) is 0.0714. The summed E-state index contributed by atoms with van der Waals surface area (Å²) < 4.78 is 5.20. The average Bonchev–Trinajstić information content (AvgIpc) is 2.79. The van der Waals surface area contributed by atoms with E-state index in [2.05, 4.69) is 5.16 Å². The second-order valence-electron chi connectivity index (χ2n) is 4.17. The van der Waals surface area contributed by atoms with Gasteiger partial charge in [-0.25, -0.2) is 0 Å². The highest BCUT2D eigenvalue weighted by atomic mass is 35.5. The Morgan fingerprint density at radius 1 is 1.11 bits per heavy atom. The van der Waals surface area contributed by atoms with Crippen LogP contribution in [0, 0.1) is 6.92 Å². The highest BCUT2D eigenvalue weighted by Crippen LogP contribution is 2.36. The summed E-state index contributed by atoms with van der Waals surface area (Å²) in [5.41, 5.74) is 3.28. The van der Waals surface area contributed by atoms with Crippen LogP contribution in [0.25, 0.3) is 22.2 Å². The lowest BCUT2D eigenvalue weighted by Gasteiger charge is -1.99. The van der Waals surface area contributed by atoms with E-state index in [1.54, 1.807) is 12.1 Å². The Hall–Kier alpha value is -2.00. The molecule has 4 heteroatoms. The minimum Gasteiger partial charge on any atom is -0.506 e. The van der Waals surface area contributed by atoms with E-state index in [1.165, 1.54) is 5.56 Å². The monoisotopic (exact) mass is 259 g/mol. The maximum absolute atomic E-state index is 9.51. The van der Waals surface area contributed by atoms with Crippen molar-refractivity contribution in [3.8, 4) is 17.0 Å².